The van der Waals surface area contributed by atoms with E-state index in [0.717, 1.165) is 50.7 Å². The minimum Gasteiger partial charge on any atom is -0.462 e. The highest BCUT2D eigenvalue weighted by molar-refractivity contribution is 6.47. The highest BCUT2D eigenvalue weighted by atomic mass is 35.5. The minimum absolute atomic E-state index is 0.0686. The van der Waals surface area contributed by atoms with E-state index in [1.54, 1.807) is 0 Å². The van der Waals surface area contributed by atoms with Crippen molar-refractivity contribution in [3.05, 3.63) is 53.4 Å². The summed E-state index contributed by atoms with van der Waals surface area (Å²) in [5.74, 6) is -5.01. The van der Waals surface area contributed by atoms with E-state index in [0.29, 0.717) is 11.8 Å². The lowest BCUT2D eigenvalue weighted by molar-refractivity contribution is -0.156. The summed E-state index contributed by atoms with van der Waals surface area (Å²) in [5, 5.41) is -1.46. The molecule has 0 aliphatic heterocycles. The van der Waals surface area contributed by atoms with Crippen LogP contribution in [0.1, 0.15) is 73.1 Å². The van der Waals surface area contributed by atoms with Crippen molar-refractivity contribution in [2.45, 2.75) is 52.4 Å². The van der Waals surface area contributed by atoms with Gasteiger partial charge in [0, 0.05) is 0 Å². The quantitative estimate of drug-likeness (QED) is 0.0922. The van der Waals surface area contributed by atoms with Crippen molar-refractivity contribution in [1.29, 1.82) is 0 Å². The highest BCUT2D eigenvalue weighted by Gasteiger charge is 2.33. The van der Waals surface area contributed by atoms with E-state index >= 15 is 0 Å². The molecule has 44 heavy (non-hydrogen) atoms. The van der Waals surface area contributed by atoms with Crippen LogP contribution in [0.2, 0.25) is 30.1 Å². The van der Waals surface area contributed by atoms with Crippen molar-refractivity contribution in [1.82, 2.24) is 0 Å². The zero-order chi connectivity index (χ0) is 32.3. The summed E-state index contributed by atoms with van der Waals surface area (Å²) in [6.07, 6.45) is 6.33. The van der Waals surface area contributed by atoms with Crippen LogP contribution in [0.3, 0.4) is 0 Å². The molecule has 2 aromatic rings. The van der Waals surface area contributed by atoms with Gasteiger partial charge in [-0.25, -0.2) is 19.2 Å². The van der Waals surface area contributed by atoms with Gasteiger partial charge < -0.3 is 18.9 Å². The van der Waals surface area contributed by atoms with Gasteiger partial charge in [-0.05, 0) is 48.6 Å². The maximum atomic E-state index is 13.0. The van der Waals surface area contributed by atoms with Crippen molar-refractivity contribution in [2.75, 3.05) is 13.2 Å². The summed E-state index contributed by atoms with van der Waals surface area (Å²) < 4.78 is 21.1. The van der Waals surface area contributed by atoms with Crippen LogP contribution in [0.25, 0.3) is 0 Å². The molecule has 2 saturated carbocycles. The molecule has 0 spiro atoms. The Morgan fingerprint density at radius 1 is 0.636 bits per heavy atom. The van der Waals surface area contributed by atoms with Crippen LogP contribution >= 0.6 is 69.6 Å². The van der Waals surface area contributed by atoms with Gasteiger partial charge in [-0.2, -0.15) is 0 Å². The predicted molar refractivity (Wildman–Crippen MR) is 168 cm³/mol. The molecule has 0 bridgehead atoms. The average Bonchev–Trinajstić information content (AvgIpc) is 3.90. The summed E-state index contributed by atoms with van der Waals surface area (Å²) >= 11 is 37.2. The Kier molecular flexibility index (Phi) is 12.0. The Labute approximate surface area is 284 Å². The van der Waals surface area contributed by atoms with Crippen LogP contribution in [0, 0.1) is 23.7 Å². The number of benzene rings is 2. The van der Waals surface area contributed by atoms with Crippen molar-refractivity contribution < 1.29 is 38.1 Å². The first-order chi connectivity index (χ1) is 20.8. The standard InChI is InChI=1S/C30H28Cl6O8/c1-13(7-15-3-4-15)11-41-27(37)21-23(35)17(31)9-19(33)25(21)43-29(39)30(40)44-26-20(34)10-18(32)24(36)22(26)28(38)42-12-14(2)8-16-5-6-16/h9-10,13-16H,3-8,11-12H2,1-2H3. The van der Waals surface area contributed by atoms with Gasteiger partial charge >= 0.3 is 23.9 Å². The number of carbonyl (C=O) groups is 4. The van der Waals surface area contributed by atoms with Crippen LogP contribution in [0.4, 0.5) is 0 Å². The number of hydrogen-bond acceptors (Lipinski definition) is 8. The highest BCUT2D eigenvalue weighted by Crippen LogP contribution is 2.42. The lowest BCUT2D eigenvalue weighted by Gasteiger charge is -2.17. The number of carbonyl (C=O) groups excluding carboxylic acids is 4. The van der Waals surface area contributed by atoms with Crippen LogP contribution in [0.15, 0.2) is 12.1 Å². The maximum absolute atomic E-state index is 13.0. The second-order valence-corrected chi connectivity index (χ2v) is 13.6. The predicted octanol–water partition coefficient (Wildman–Crippen LogP) is 9.30. The number of ether oxygens (including phenoxy) is 4. The molecule has 2 aliphatic rings. The smallest absolute Gasteiger partial charge is 0.423 e. The zero-order valence-electron chi connectivity index (χ0n) is 23.7. The Morgan fingerprint density at radius 3 is 1.30 bits per heavy atom. The molecule has 2 fully saturated rings. The average molecular weight is 729 g/mol. The van der Waals surface area contributed by atoms with Crippen LogP contribution < -0.4 is 9.47 Å². The fourth-order valence-corrected chi connectivity index (χ4v) is 5.99. The van der Waals surface area contributed by atoms with E-state index in [9.17, 15) is 19.2 Å². The van der Waals surface area contributed by atoms with E-state index in [4.69, 9.17) is 88.6 Å². The molecule has 238 valence electrons. The van der Waals surface area contributed by atoms with Crippen molar-refractivity contribution in [2.24, 2.45) is 23.7 Å². The van der Waals surface area contributed by atoms with E-state index in [1.807, 2.05) is 13.8 Å². The summed E-state index contributed by atoms with van der Waals surface area (Å²) in [6.45, 7) is 4.00. The van der Waals surface area contributed by atoms with Crippen molar-refractivity contribution in [3.63, 3.8) is 0 Å². The molecule has 2 atom stereocenters. The summed E-state index contributed by atoms with van der Waals surface area (Å²) in [7, 11) is 0. The van der Waals surface area contributed by atoms with Gasteiger partial charge in [-0.15, -0.1) is 0 Å². The molecular weight excluding hydrogens is 701 g/mol. The first-order valence-electron chi connectivity index (χ1n) is 13.9. The normalized spacial score (nSPS) is 15.7. The molecule has 2 unspecified atom stereocenters. The van der Waals surface area contributed by atoms with Gasteiger partial charge in [0.05, 0.1) is 43.3 Å². The zero-order valence-corrected chi connectivity index (χ0v) is 28.2. The topological polar surface area (TPSA) is 105 Å². The molecule has 0 amide bonds. The minimum atomic E-state index is -1.64. The van der Waals surface area contributed by atoms with Gasteiger partial charge in [-0.1, -0.05) is 109 Å². The SMILES string of the molecule is CC(COC(=O)c1c(Cl)c(Cl)cc(Cl)c1OC(=O)C(=O)Oc1c(Cl)cc(Cl)c(Cl)c1C(=O)OCC(C)CC1CC1)CC1CC1. The molecular formula is C30H28Cl6O8. The maximum Gasteiger partial charge on any atom is 0.423 e. The molecule has 8 nitrogen and oxygen atoms in total. The molecule has 4 rings (SSSR count). The number of halogens is 6. The summed E-state index contributed by atoms with van der Waals surface area (Å²) in [5.41, 5.74) is -0.915. The molecule has 14 heteroatoms. The van der Waals surface area contributed by atoms with E-state index in [-0.39, 0.29) is 55.2 Å². The Morgan fingerprint density at radius 2 is 0.977 bits per heavy atom. The molecule has 0 N–H and O–H groups in total. The van der Waals surface area contributed by atoms with Gasteiger partial charge in [0.15, 0.2) is 11.5 Å². The fourth-order valence-electron chi connectivity index (χ4n) is 4.55. The third-order valence-corrected chi connectivity index (χ3v) is 9.22. The van der Waals surface area contributed by atoms with E-state index in [2.05, 4.69) is 0 Å². The molecule has 0 heterocycles. The van der Waals surface area contributed by atoms with Crippen LogP contribution in [-0.2, 0) is 19.1 Å². The number of esters is 4. The monoisotopic (exact) mass is 726 g/mol. The van der Waals surface area contributed by atoms with E-state index in [1.165, 1.54) is 0 Å². The third-order valence-electron chi connectivity index (χ3n) is 7.08. The first kappa shape index (κ1) is 34.9. The molecule has 0 saturated heterocycles. The Hall–Kier alpha value is -1.94. The van der Waals surface area contributed by atoms with Gasteiger partial charge in [0.25, 0.3) is 0 Å². The molecule has 2 aliphatic carbocycles. The summed E-state index contributed by atoms with van der Waals surface area (Å²) in [6, 6.07) is 2.25. The fraction of sp³-hybridized carbons (Fsp3) is 0.467. The van der Waals surface area contributed by atoms with Crippen LogP contribution in [-0.4, -0.2) is 37.1 Å². The number of rotatable bonds is 12. The van der Waals surface area contributed by atoms with Crippen molar-refractivity contribution in [3.8, 4) is 11.5 Å². The first-order valence-corrected chi connectivity index (χ1v) is 16.2. The van der Waals surface area contributed by atoms with Crippen LogP contribution in [0.5, 0.6) is 11.5 Å². The lowest BCUT2D eigenvalue weighted by atomic mass is 10.1. The molecule has 0 aromatic heterocycles. The summed E-state index contributed by atoms with van der Waals surface area (Å²) in [4.78, 5) is 51.8. The van der Waals surface area contributed by atoms with Gasteiger partial charge in [0.1, 0.15) is 11.1 Å². The number of hydrogen-bond donors (Lipinski definition) is 0. The second kappa shape index (κ2) is 15.1. The lowest BCUT2D eigenvalue weighted by Crippen LogP contribution is -2.27. The van der Waals surface area contributed by atoms with Gasteiger partial charge in [0.2, 0.25) is 0 Å². The van der Waals surface area contributed by atoms with E-state index < -0.39 is 46.5 Å². The Balaban J connectivity index is 1.51. The van der Waals surface area contributed by atoms with Gasteiger partial charge in [-0.3, -0.25) is 0 Å². The molecule has 0 radical (unpaired) electrons. The largest absolute Gasteiger partial charge is 0.462 e. The van der Waals surface area contributed by atoms with Crippen molar-refractivity contribution >= 4 is 93.5 Å². The third kappa shape index (κ3) is 9.08. The second-order valence-electron chi connectivity index (χ2n) is 11.3. The molecule has 2 aromatic carbocycles. The Bertz CT molecular complexity index is 1360.